The Bertz CT molecular complexity index is 1020. The summed E-state index contributed by atoms with van der Waals surface area (Å²) in [5, 5.41) is 3.09. The number of unbranched alkanes of at least 4 members (excludes halogenated alkanes) is 1. The summed E-state index contributed by atoms with van der Waals surface area (Å²) in [6, 6.07) is 26.4. The lowest BCUT2D eigenvalue weighted by molar-refractivity contribution is -0.135. The smallest absolute Gasteiger partial charge is 0.262 e. The zero-order valence-electron chi connectivity index (χ0n) is 18.5. The van der Waals surface area contributed by atoms with Crippen molar-refractivity contribution < 1.29 is 14.3 Å². The monoisotopic (exact) mass is 428 g/mol. The van der Waals surface area contributed by atoms with Gasteiger partial charge in [-0.1, -0.05) is 74.4 Å². The number of benzene rings is 3. The molecule has 4 rings (SSSR count). The summed E-state index contributed by atoms with van der Waals surface area (Å²) < 4.78 is 5.55. The van der Waals surface area contributed by atoms with Gasteiger partial charge in [0.1, 0.15) is 11.2 Å². The minimum absolute atomic E-state index is 0.197. The predicted molar refractivity (Wildman–Crippen MR) is 127 cm³/mol. The predicted octanol–water partition coefficient (Wildman–Crippen LogP) is 5.41. The molecule has 0 spiro atoms. The highest BCUT2D eigenvalue weighted by atomic mass is 16.5. The second-order valence-corrected chi connectivity index (χ2v) is 8.08. The molecule has 32 heavy (non-hydrogen) atoms. The first kappa shape index (κ1) is 21.6. The molecular weight excluding hydrogens is 400 g/mol. The molecule has 0 N–H and O–H groups in total. The second kappa shape index (κ2) is 9.27. The van der Waals surface area contributed by atoms with Crippen LogP contribution in [0.25, 0.3) is 0 Å². The highest BCUT2D eigenvalue weighted by Gasteiger charge is 2.58. The first-order valence-electron chi connectivity index (χ1n) is 11.0. The van der Waals surface area contributed by atoms with Crippen LogP contribution in [0.15, 0.2) is 84.9 Å². The van der Waals surface area contributed by atoms with Gasteiger partial charge in [-0.05, 0) is 48.7 Å². The van der Waals surface area contributed by atoms with Crippen LogP contribution in [-0.2, 0) is 16.0 Å². The first-order valence-corrected chi connectivity index (χ1v) is 11.0. The number of amides is 2. The van der Waals surface area contributed by atoms with E-state index in [4.69, 9.17) is 4.74 Å². The van der Waals surface area contributed by atoms with Crippen molar-refractivity contribution in [2.24, 2.45) is 5.41 Å². The van der Waals surface area contributed by atoms with Crippen LogP contribution in [0.4, 0.5) is 11.4 Å². The SMILES string of the molecule is CCCCC1(Cc2ccccc2OC)C(=O)N(c2ccccc2)N(c2ccccc2)C1=O. The van der Waals surface area contributed by atoms with Gasteiger partial charge >= 0.3 is 0 Å². The van der Waals surface area contributed by atoms with Crippen LogP contribution >= 0.6 is 0 Å². The van der Waals surface area contributed by atoms with Crippen molar-refractivity contribution in [2.45, 2.75) is 32.6 Å². The maximum atomic E-state index is 14.2. The average molecular weight is 429 g/mol. The summed E-state index contributed by atoms with van der Waals surface area (Å²) in [6.45, 7) is 2.07. The van der Waals surface area contributed by atoms with E-state index < -0.39 is 5.41 Å². The lowest BCUT2D eigenvalue weighted by Crippen LogP contribution is -2.41. The topological polar surface area (TPSA) is 49.9 Å². The Morgan fingerprint density at radius 3 is 1.75 bits per heavy atom. The molecule has 0 aliphatic carbocycles. The normalized spacial score (nSPS) is 15.3. The van der Waals surface area contributed by atoms with Crippen molar-refractivity contribution >= 4 is 23.2 Å². The Morgan fingerprint density at radius 1 is 0.750 bits per heavy atom. The Morgan fingerprint density at radius 2 is 1.25 bits per heavy atom. The van der Waals surface area contributed by atoms with Crippen molar-refractivity contribution in [3.05, 3.63) is 90.5 Å². The Labute approximate surface area is 189 Å². The zero-order chi connectivity index (χ0) is 22.6. The van der Waals surface area contributed by atoms with Crippen molar-refractivity contribution in [3.8, 4) is 5.75 Å². The van der Waals surface area contributed by atoms with Gasteiger partial charge < -0.3 is 4.74 Å². The molecule has 5 nitrogen and oxygen atoms in total. The molecule has 2 amide bonds. The number of carbonyl (C=O) groups excluding carboxylic acids is 2. The second-order valence-electron chi connectivity index (χ2n) is 8.08. The summed E-state index contributed by atoms with van der Waals surface area (Å²) in [5.41, 5.74) is 1.01. The first-order chi connectivity index (χ1) is 15.6. The molecule has 0 aromatic heterocycles. The number of nitrogens with zero attached hydrogens (tertiary/aromatic N) is 2. The largest absolute Gasteiger partial charge is 0.496 e. The minimum Gasteiger partial charge on any atom is -0.496 e. The van der Waals surface area contributed by atoms with Crippen molar-refractivity contribution in [1.82, 2.24) is 0 Å². The van der Waals surface area contributed by atoms with Gasteiger partial charge in [0, 0.05) is 0 Å². The van der Waals surface area contributed by atoms with Crippen LogP contribution in [-0.4, -0.2) is 18.9 Å². The van der Waals surface area contributed by atoms with Crippen LogP contribution in [0, 0.1) is 5.41 Å². The van der Waals surface area contributed by atoms with Gasteiger partial charge in [0.15, 0.2) is 0 Å². The molecule has 3 aromatic rings. The van der Waals surface area contributed by atoms with E-state index in [9.17, 15) is 9.59 Å². The number of hydrogen-bond acceptors (Lipinski definition) is 3. The molecule has 164 valence electrons. The zero-order valence-corrected chi connectivity index (χ0v) is 18.5. The summed E-state index contributed by atoms with van der Waals surface area (Å²) in [5.74, 6) is 0.294. The molecule has 1 aliphatic rings. The average Bonchev–Trinajstić information content (AvgIpc) is 3.06. The standard InChI is InChI=1S/C27H28N2O3/c1-3-4-19-27(20-21-13-11-12-18-24(21)32-2)25(30)28(22-14-7-5-8-15-22)29(26(27)31)23-16-9-6-10-17-23/h5-18H,3-4,19-20H2,1-2H3. The maximum absolute atomic E-state index is 14.2. The van der Waals surface area contributed by atoms with Crippen LogP contribution in [0.5, 0.6) is 5.75 Å². The van der Waals surface area contributed by atoms with Crippen molar-refractivity contribution in [1.29, 1.82) is 0 Å². The van der Waals surface area contributed by atoms with E-state index in [1.54, 1.807) is 17.1 Å². The lowest BCUT2D eigenvalue weighted by Gasteiger charge is -2.27. The number of rotatable bonds is 8. The van der Waals surface area contributed by atoms with Crippen LogP contribution < -0.4 is 14.8 Å². The molecule has 1 saturated heterocycles. The van der Waals surface area contributed by atoms with Gasteiger partial charge in [-0.2, -0.15) is 0 Å². The van der Waals surface area contributed by atoms with Gasteiger partial charge in [-0.25, -0.2) is 10.0 Å². The molecule has 1 aliphatic heterocycles. The number of hydrazine groups is 1. The fraction of sp³-hybridized carbons (Fsp3) is 0.259. The molecule has 0 bridgehead atoms. The highest BCUT2D eigenvalue weighted by Crippen LogP contribution is 2.44. The maximum Gasteiger partial charge on any atom is 0.262 e. The fourth-order valence-electron chi connectivity index (χ4n) is 4.39. The number of anilines is 2. The lowest BCUT2D eigenvalue weighted by atomic mass is 9.76. The molecular formula is C27H28N2O3. The van der Waals surface area contributed by atoms with E-state index in [-0.39, 0.29) is 11.8 Å². The third-order valence-electron chi connectivity index (χ3n) is 6.05. The number of para-hydroxylation sites is 3. The summed E-state index contributed by atoms with van der Waals surface area (Å²) >= 11 is 0. The van der Waals surface area contributed by atoms with E-state index in [1.807, 2.05) is 84.9 Å². The summed E-state index contributed by atoms with van der Waals surface area (Å²) in [7, 11) is 1.61. The molecule has 3 aromatic carbocycles. The number of carbonyl (C=O) groups is 2. The fourth-order valence-corrected chi connectivity index (χ4v) is 4.39. The number of ether oxygens (including phenoxy) is 1. The van der Waals surface area contributed by atoms with Crippen LogP contribution in [0.1, 0.15) is 31.7 Å². The van der Waals surface area contributed by atoms with Crippen molar-refractivity contribution in [3.63, 3.8) is 0 Å². The third kappa shape index (κ3) is 3.75. The quantitative estimate of drug-likeness (QED) is 0.451. The van der Waals surface area contributed by atoms with Gasteiger partial charge in [-0.15, -0.1) is 0 Å². The third-order valence-corrected chi connectivity index (χ3v) is 6.05. The molecule has 5 heteroatoms. The van der Waals surface area contributed by atoms with E-state index in [0.717, 1.165) is 18.4 Å². The Hall–Kier alpha value is -3.60. The van der Waals surface area contributed by atoms with E-state index in [2.05, 4.69) is 6.92 Å². The van der Waals surface area contributed by atoms with Crippen molar-refractivity contribution in [2.75, 3.05) is 17.1 Å². The molecule has 0 radical (unpaired) electrons. The molecule has 0 unspecified atom stereocenters. The van der Waals surface area contributed by atoms with Gasteiger partial charge in [0.25, 0.3) is 11.8 Å². The molecule has 1 heterocycles. The molecule has 1 fully saturated rings. The van der Waals surface area contributed by atoms with E-state index >= 15 is 0 Å². The van der Waals surface area contributed by atoms with E-state index in [0.29, 0.717) is 30.0 Å². The minimum atomic E-state index is -1.20. The molecule has 0 atom stereocenters. The summed E-state index contributed by atoms with van der Waals surface area (Å²) in [6.07, 6.45) is 2.44. The Kier molecular flexibility index (Phi) is 6.26. The summed E-state index contributed by atoms with van der Waals surface area (Å²) in [4.78, 5) is 28.3. The van der Waals surface area contributed by atoms with Gasteiger partial charge in [-0.3, -0.25) is 9.59 Å². The van der Waals surface area contributed by atoms with Gasteiger partial charge in [0.2, 0.25) is 0 Å². The number of hydrogen-bond donors (Lipinski definition) is 0. The highest BCUT2D eigenvalue weighted by molar-refractivity contribution is 6.26. The van der Waals surface area contributed by atoms with Crippen LogP contribution in [0.2, 0.25) is 0 Å². The molecule has 0 saturated carbocycles. The van der Waals surface area contributed by atoms with Gasteiger partial charge in [0.05, 0.1) is 18.5 Å². The number of methoxy groups -OCH3 is 1. The van der Waals surface area contributed by atoms with E-state index in [1.165, 1.54) is 0 Å². The van der Waals surface area contributed by atoms with Crippen LogP contribution in [0.3, 0.4) is 0 Å². The Balaban J connectivity index is 1.87.